The largest absolute Gasteiger partial charge is 0.0683 e. The van der Waals surface area contributed by atoms with Crippen LogP contribution in [0.4, 0.5) is 0 Å². The first kappa shape index (κ1) is 15.2. The highest BCUT2D eigenvalue weighted by Crippen LogP contribution is 2.25. The van der Waals surface area contributed by atoms with E-state index in [1.54, 1.807) is 11.1 Å². The second kappa shape index (κ2) is 7.49. The minimum Gasteiger partial charge on any atom is -0.0683 e. The van der Waals surface area contributed by atoms with E-state index in [0.29, 0.717) is 5.92 Å². The maximum atomic E-state index is 2.35. The summed E-state index contributed by atoms with van der Waals surface area (Å²) in [6.07, 6.45) is 2.32. The topological polar surface area (TPSA) is 0 Å². The lowest BCUT2D eigenvalue weighted by Gasteiger charge is -2.16. The molecule has 0 fully saturated rings. The first-order valence-corrected chi connectivity index (χ1v) is 6.72. The predicted octanol–water partition coefficient (Wildman–Crippen LogP) is 5.27. The zero-order valence-electron chi connectivity index (χ0n) is 12.1. The number of hydrogen-bond acceptors (Lipinski definition) is 0. The lowest BCUT2D eigenvalue weighted by Crippen LogP contribution is -2.01. The van der Waals surface area contributed by atoms with Gasteiger partial charge in [-0.15, -0.1) is 0 Å². The van der Waals surface area contributed by atoms with Gasteiger partial charge in [0.1, 0.15) is 0 Å². The molecule has 0 saturated heterocycles. The monoisotopic (exact) mass is 220 g/mol. The van der Waals surface area contributed by atoms with Crippen molar-refractivity contribution in [3.05, 3.63) is 34.4 Å². The van der Waals surface area contributed by atoms with E-state index in [4.69, 9.17) is 0 Å². The SMILES string of the molecule is CC.CCc1cc(C)cc(C(C)C)c1CC. The molecule has 16 heavy (non-hydrogen) atoms. The molecule has 0 aliphatic carbocycles. The maximum Gasteiger partial charge on any atom is -0.0216 e. The lowest BCUT2D eigenvalue weighted by molar-refractivity contribution is 0.832. The van der Waals surface area contributed by atoms with Crippen LogP contribution in [0.25, 0.3) is 0 Å². The Morgan fingerprint density at radius 3 is 1.94 bits per heavy atom. The van der Waals surface area contributed by atoms with Gasteiger partial charge < -0.3 is 0 Å². The summed E-state index contributed by atoms with van der Waals surface area (Å²) in [7, 11) is 0. The van der Waals surface area contributed by atoms with Gasteiger partial charge in [0.2, 0.25) is 0 Å². The molecule has 1 aromatic rings. The Labute approximate surface area is 102 Å². The van der Waals surface area contributed by atoms with Crippen molar-refractivity contribution in [2.75, 3.05) is 0 Å². The summed E-state index contributed by atoms with van der Waals surface area (Å²) < 4.78 is 0. The molecule has 0 spiro atoms. The van der Waals surface area contributed by atoms with Crippen LogP contribution in [-0.4, -0.2) is 0 Å². The van der Waals surface area contributed by atoms with Gasteiger partial charge in [0.25, 0.3) is 0 Å². The smallest absolute Gasteiger partial charge is 0.0216 e. The van der Waals surface area contributed by atoms with Crippen LogP contribution in [0.5, 0.6) is 0 Å². The lowest BCUT2D eigenvalue weighted by atomic mass is 9.89. The van der Waals surface area contributed by atoms with Crippen LogP contribution in [0.2, 0.25) is 0 Å². The number of rotatable bonds is 3. The van der Waals surface area contributed by atoms with Crippen LogP contribution >= 0.6 is 0 Å². The van der Waals surface area contributed by atoms with E-state index in [0.717, 1.165) is 12.8 Å². The van der Waals surface area contributed by atoms with Crippen LogP contribution in [0.1, 0.15) is 69.7 Å². The van der Waals surface area contributed by atoms with E-state index in [1.165, 1.54) is 11.1 Å². The molecule has 0 unspecified atom stereocenters. The van der Waals surface area contributed by atoms with E-state index >= 15 is 0 Å². The zero-order valence-corrected chi connectivity index (χ0v) is 12.1. The van der Waals surface area contributed by atoms with Gasteiger partial charge in [-0.3, -0.25) is 0 Å². The van der Waals surface area contributed by atoms with Crippen LogP contribution in [0.3, 0.4) is 0 Å². The van der Waals surface area contributed by atoms with Gasteiger partial charge in [-0.1, -0.05) is 59.2 Å². The van der Waals surface area contributed by atoms with E-state index in [9.17, 15) is 0 Å². The quantitative estimate of drug-likeness (QED) is 0.651. The molecular formula is C16H28. The fourth-order valence-electron chi connectivity index (χ4n) is 2.18. The van der Waals surface area contributed by atoms with Gasteiger partial charge in [0.15, 0.2) is 0 Å². The van der Waals surface area contributed by atoms with E-state index in [-0.39, 0.29) is 0 Å². The summed E-state index contributed by atoms with van der Waals surface area (Å²) in [6, 6.07) is 4.69. The summed E-state index contributed by atoms with van der Waals surface area (Å²) >= 11 is 0. The van der Waals surface area contributed by atoms with Crippen LogP contribution in [0, 0.1) is 6.92 Å². The first-order valence-electron chi connectivity index (χ1n) is 6.72. The summed E-state index contributed by atoms with van der Waals surface area (Å²) in [5, 5.41) is 0. The van der Waals surface area contributed by atoms with Gasteiger partial charge in [0, 0.05) is 0 Å². The highest BCUT2D eigenvalue weighted by Gasteiger charge is 2.09. The Morgan fingerprint density at radius 2 is 1.56 bits per heavy atom. The second-order valence-electron chi connectivity index (χ2n) is 4.35. The van der Waals surface area contributed by atoms with Crippen molar-refractivity contribution in [1.29, 1.82) is 0 Å². The molecule has 1 aromatic carbocycles. The van der Waals surface area contributed by atoms with Crippen molar-refractivity contribution in [1.82, 2.24) is 0 Å². The third kappa shape index (κ3) is 3.66. The van der Waals surface area contributed by atoms with Gasteiger partial charge >= 0.3 is 0 Å². The fraction of sp³-hybridized carbons (Fsp3) is 0.625. The molecule has 0 aliphatic rings. The van der Waals surface area contributed by atoms with Crippen LogP contribution in [0.15, 0.2) is 12.1 Å². The zero-order chi connectivity index (χ0) is 12.7. The molecule has 0 aliphatic heterocycles. The molecule has 0 N–H and O–H groups in total. The van der Waals surface area contributed by atoms with E-state index in [2.05, 4.69) is 46.8 Å². The van der Waals surface area contributed by atoms with Crippen molar-refractivity contribution < 1.29 is 0 Å². The molecule has 0 heterocycles. The Hall–Kier alpha value is -0.780. The second-order valence-corrected chi connectivity index (χ2v) is 4.35. The Morgan fingerprint density at radius 1 is 1.00 bits per heavy atom. The maximum absolute atomic E-state index is 2.35. The molecule has 0 nitrogen and oxygen atoms in total. The Balaban J connectivity index is 0.00000106. The van der Waals surface area contributed by atoms with Crippen LogP contribution < -0.4 is 0 Å². The van der Waals surface area contributed by atoms with E-state index in [1.807, 2.05) is 13.8 Å². The number of hydrogen-bond donors (Lipinski definition) is 0. The van der Waals surface area contributed by atoms with Crippen molar-refractivity contribution in [2.24, 2.45) is 0 Å². The molecule has 0 radical (unpaired) electrons. The molecule has 92 valence electrons. The average molecular weight is 220 g/mol. The van der Waals surface area contributed by atoms with Crippen molar-refractivity contribution >= 4 is 0 Å². The van der Waals surface area contributed by atoms with Gasteiger partial charge in [-0.25, -0.2) is 0 Å². The van der Waals surface area contributed by atoms with Gasteiger partial charge in [-0.2, -0.15) is 0 Å². The van der Waals surface area contributed by atoms with Crippen molar-refractivity contribution in [3.8, 4) is 0 Å². The third-order valence-electron chi connectivity index (χ3n) is 2.88. The summed E-state index contributed by atoms with van der Waals surface area (Å²) in [6.45, 7) is 15.3. The molecule has 0 bridgehead atoms. The number of benzene rings is 1. The van der Waals surface area contributed by atoms with Gasteiger partial charge in [0.05, 0.1) is 0 Å². The summed E-state index contributed by atoms with van der Waals surface area (Å²) in [5.74, 6) is 0.648. The Kier molecular flexibility index (Phi) is 7.12. The fourth-order valence-corrected chi connectivity index (χ4v) is 2.18. The van der Waals surface area contributed by atoms with Crippen molar-refractivity contribution in [3.63, 3.8) is 0 Å². The standard InChI is InChI=1S/C14H22.C2H6/c1-6-12-8-11(5)9-14(10(3)4)13(12)7-2;1-2/h8-10H,6-7H2,1-5H3;1-2H3. The molecule has 0 atom stereocenters. The Bertz CT molecular complexity index is 308. The highest BCUT2D eigenvalue weighted by molar-refractivity contribution is 5.40. The molecule has 1 rings (SSSR count). The average Bonchev–Trinajstić information content (AvgIpc) is 2.30. The third-order valence-corrected chi connectivity index (χ3v) is 2.88. The minimum atomic E-state index is 0.648. The van der Waals surface area contributed by atoms with Gasteiger partial charge in [-0.05, 0) is 42.4 Å². The van der Waals surface area contributed by atoms with Crippen molar-refractivity contribution in [2.45, 2.75) is 67.2 Å². The highest BCUT2D eigenvalue weighted by atomic mass is 14.1. The molecule has 0 heteroatoms. The molecule has 0 aromatic heterocycles. The molecular weight excluding hydrogens is 192 g/mol. The number of aryl methyl sites for hydroxylation is 2. The van der Waals surface area contributed by atoms with Crippen LogP contribution in [-0.2, 0) is 12.8 Å². The first-order chi connectivity index (χ1) is 7.60. The predicted molar refractivity (Wildman–Crippen MR) is 75.4 cm³/mol. The minimum absolute atomic E-state index is 0.648. The molecule has 0 amide bonds. The normalized spacial score (nSPS) is 10.0. The summed E-state index contributed by atoms with van der Waals surface area (Å²) in [4.78, 5) is 0. The van der Waals surface area contributed by atoms with E-state index < -0.39 is 0 Å². The molecule has 0 saturated carbocycles. The summed E-state index contributed by atoms with van der Waals surface area (Å²) in [5.41, 5.74) is 6.07.